The second kappa shape index (κ2) is 6.95. The van der Waals surface area contributed by atoms with Crippen LogP contribution in [0.15, 0.2) is 24.3 Å². The van der Waals surface area contributed by atoms with Gasteiger partial charge in [-0.1, -0.05) is 41.4 Å². The Hall–Kier alpha value is -1.16. The lowest BCUT2D eigenvalue weighted by molar-refractivity contribution is -0.0182. The molecule has 2 rings (SSSR count). The van der Waals surface area contributed by atoms with Crippen molar-refractivity contribution < 1.29 is 4.74 Å². The van der Waals surface area contributed by atoms with Gasteiger partial charge in [-0.05, 0) is 39.3 Å². The number of hydrogen-bond acceptors (Lipinski definition) is 3. The molecule has 118 valence electrons. The molecule has 1 aromatic carbocycles. The van der Waals surface area contributed by atoms with Crippen molar-refractivity contribution in [2.75, 3.05) is 0 Å². The van der Waals surface area contributed by atoms with E-state index in [9.17, 15) is 0 Å². The molecule has 1 aromatic heterocycles. The fraction of sp³-hybridized carbons (Fsp3) is 0.412. The van der Waals surface area contributed by atoms with Gasteiger partial charge < -0.3 is 4.74 Å². The molecule has 3 nitrogen and oxygen atoms in total. The Balaban J connectivity index is 2.22. The van der Waals surface area contributed by atoms with Gasteiger partial charge in [0.1, 0.15) is 11.8 Å². The predicted octanol–water partition coefficient (Wildman–Crippen LogP) is 5.00. The smallest absolute Gasteiger partial charge is 0.156 e. The van der Waals surface area contributed by atoms with Gasteiger partial charge in [0, 0.05) is 22.7 Å². The van der Waals surface area contributed by atoms with Crippen LogP contribution in [0.4, 0.5) is 0 Å². The van der Waals surface area contributed by atoms with Gasteiger partial charge in [0.25, 0.3) is 0 Å². The molecule has 5 heteroatoms. The van der Waals surface area contributed by atoms with E-state index in [1.54, 1.807) is 0 Å². The quantitative estimate of drug-likeness (QED) is 0.736. The summed E-state index contributed by atoms with van der Waals surface area (Å²) in [4.78, 5) is 8.85. The van der Waals surface area contributed by atoms with Gasteiger partial charge in [0.2, 0.25) is 0 Å². The monoisotopic (exact) mass is 338 g/mol. The minimum absolute atomic E-state index is 0.236. The van der Waals surface area contributed by atoms with E-state index in [1.165, 1.54) is 0 Å². The largest absolute Gasteiger partial charge is 0.368 e. The van der Waals surface area contributed by atoms with Crippen molar-refractivity contribution in [2.24, 2.45) is 0 Å². The Labute approximate surface area is 141 Å². The van der Waals surface area contributed by atoms with Crippen LogP contribution < -0.4 is 0 Å². The number of halogens is 2. The summed E-state index contributed by atoms with van der Waals surface area (Å²) in [6.07, 6.45) is 0.616. The molecule has 1 heterocycles. The lowest BCUT2D eigenvalue weighted by atomic mass is 10.1. The summed E-state index contributed by atoms with van der Waals surface area (Å²) in [5.74, 6) is 0.598. The lowest BCUT2D eigenvalue weighted by Gasteiger charge is -2.19. The molecule has 0 saturated heterocycles. The Morgan fingerprint density at radius 1 is 1.09 bits per heavy atom. The first-order valence-electron chi connectivity index (χ1n) is 7.15. The van der Waals surface area contributed by atoms with E-state index in [2.05, 4.69) is 9.97 Å². The van der Waals surface area contributed by atoms with Crippen molar-refractivity contribution in [1.29, 1.82) is 0 Å². The van der Waals surface area contributed by atoms with Crippen LogP contribution in [-0.4, -0.2) is 15.6 Å². The first-order valence-corrected chi connectivity index (χ1v) is 7.91. The van der Waals surface area contributed by atoms with Gasteiger partial charge in [0.05, 0.1) is 5.60 Å². The third kappa shape index (κ3) is 4.67. The summed E-state index contributed by atoms with van der Waals surface area (Å²) in [5, 5.41) is 1.18. The molecule has 22 heavy (non-hydrogen) atoms. The number of ether oxygens (including phenoxy) is 1. The molecule has 0 fully saturated rings. The van der Waals surface area contributed by atoms with Crippen molar-refractivity contribution in [3.63, 3.8) is 0 Å². The molecule has 0 bridgehead atoms. The molecule has 0 radical (unpaired) electrons. The highest BCUT2D eigenvalue weighted by atomic mass is 35.5. The van der Waals surface area contributed by atoms with Gasteiger partial charge in [-0.3, -0.25) is 0 Å². The van der Waals surface area contributed by atoms with E-state index in [0.29, 0.717) is 24.0 Å². The molecule has 0 unspecified atom stereocenters. The maximum absolute atomic E-state index is 6.34. The topological polar surface area (TPSA) is 35.0 Å². The summed E-state index contributed by atoms with van der Waals surface area (Å²) in [7, 11) is 0. The zero-order valence-corrected chi connectivity index (χ0v) is 14.8. The van der Waals surface area contributed by atoms with Gasteiger partial charge in [-0.25, -0.2) is 9.97 Å². The summed E-state index contributed by atoms with van der Waals surface area (Å²) < 4.78 is 5.70. The molecule has 0 amide bonds. The number of rotatable bonds is 4. The van der Waals surface area contributed by atoms with Crippen LogP contribution in [-0.2, 0) is 17.8 Å². The fourth-order valence-electron chi connectivity index (χ4n) is 1.99. The van der Waals surface area contributed by atoms with Crippen LogP contribution in [0.25, 0.3) is 0 Å². The molecule has 0 N–H and O–H groups in total. The number of aryl methyl sites for hydroxylation is 1. The predicted molar refractivity (Wildman–Crippen MR) is 90.6 cm³/mol. The van der Waals surface area contributed by atoms with Crippen molar-refractivity contribution in [3.05, 3.63) is 57.1 Å². The van der Waals surface area contributed by atoms with Crippen LogP contribution in [0, 0.1) is 6.92 Å². The van der Waals surface area contributed by atoms with Crippen LogP contribution in [0.2, 0.25) is 10.2 Å². The fourth-order valence-corrected chi connectivity index (χ4v) is 2.50. The highest BCUT2D eigenvalue weighted by molar-refractivity contribution is 6.31. The number of nitrogens with zero attached hydrogens (tertiary/aromatic N) is 2. The molecule has 0 spiro atoms. The van der Waals surface area contributed by atoms with Crippen LogP contribution in [0.1, 0.15) is 43.4 Å². The molecule has 2 aromatic rings. The molecular formula is C17H20Cl2N2O. The normalized spacial score (nSPS) is 11.7. The zero-order chi connectivity index (χ0) is 16.3. The second-order valence-electron chi connectivity index (χ2n) is 6.16. The van der Waals surface area contributed by atoms with E-state index in [-0.39, 0.29) is 5.60 Å². The highest BCUT2D eigenvalue weighted by Crippen LogP contribution is 2.24. The number of hydrogen-bond donors (Lipinski definition) is 0. The Kier molecular flexibility index (Phi) is 5.43. The zero-order valence-electron chi connectivity index (χ0n) is 13.3. The van der Waals surface area contributed by atoms with Crippen molar-refractivity contribution in [3.8, 4) is 0 Å². The first kappa shape index (κ1) is 17.2. The molecule has 0 aliphatic heterocycles. The molecule has 0 saturated carbocycles. The van der Waals surface area contributed by atoms with Crippen molar-refractivity contribution >= 4 is 23.2 Å². The van der Waals surface area contributed by atoms with Gasteiger partial charge in [-0.15, -0.1) is 0 Å². The molecule has 0 aliphatic rings. The van der Waals surface area contributed by atoms with Crippen molar-refractivity contribution in [2.45, 2.75) is 46.3 Å². The van der Waals surface area contributed by atoms with E-state index in [4.69, 9.17) is 27.9 Å². The third-order valence-electron chi connectivity index (χ3n) is 3.17. The lowest BCUT2D eigenvalue weighted by Crippen LogP contribution is -2.20. The number of benzene rings is 1. The van der Waals surface area contributed by atoms with Crippen LogP contribution in [0.5, 0.6) is 0 Å². The summed E-state index contributed by atoms with van der Waals surface area (Å²) in [5.41, 5.74) is 2.53. The molecule has 0 aliphatic carbocycles. The van der Waals surface area contributed by atoms with E-state index < -0.39 is 0 Å². The average Bonchev–Trinajstić information content (AvgIpc) is 2.42. The second-order valence-corrected chi connectivity index (χ2v) is 6.93. The standard InChI is InChI=1S/C17H20Cl2N2O/c1-11-13(9-12-7-5-6-8-14(12)18)16(19)21-15(20-11)10-22-17(2,3)4/h5-8H,9-10H2,1-4H3. The minimum Gasteiger partial charge on any atom is -0.368 e. The number of aromatic nitrogens is 2. The van der Waals surface area contributed by atoms with Crippen LogP contribution in [0.3, 0.4) is 0 Å². The minimum atomic E-state index is -0.236. The van der Waals surface area contributed by atoms with Gasteiger partial charge in [0.15, 0.2) is 5.82 Å². The molecule has 0 atom stereocenters. The maximum Gasteiger partial charge on any atom is 0.156 e. The van der Waals surface area contributed by atoms with Crippen LogP contribution >= 0.6 is 23.2 Å². The van der Waals surface area contributed by atoms with E-state index >= 15 is 0 Å². The van der Waals surface area contributed by atoms with Crippen molar-refractivity contribution in [1.82, 2.24) is 9.97 Å². The Morgan fingerprint density at radius 2 is 1.77 bits per heavy atom. The SMILES string of the molecule is Cc1nc(COC(C)(C)C)nc(Cl)c1Cc1ccccc1Cl. The van der Waals surface area contributed by atoms with E-state index in [1.807, 2.05) is 52.0 Å². The van der Waals surface area contributed by atoms with Gasteiger partial charge in [-0.2, -0.15) is 0 Å². The first-order chi connectivity index (χ1) is 10.3. The van der Waals surface area contributed by atoms with E-state index in [0.717, 1.165) is 21.8 Å². The Bertz CT molecular complexity index is 643. The average molecular weight is 339 g/mol. The third-order valence-corrected chi connectivity index (χ3v) is 3.85. The summed E-state index contributed by atoms with van der Waals surface area (Å²) in [6.45, 7) is 8.25. The summed E-state index contributed by atoms with van der Waals surface area (Å²) in [6, 6.07) is 7.71. The Morgan fingerprint density at radius 3 is 2.36 bits per heavy atom. The molecular weight excluding hydrogens is 319 g/mol. The van der Waals surface area contributed by atoms with Gasteiger partial charge >= 0.3 is 0 Å². The maximum atomic E-state index is 6.34. The highest BCUT2D eigenvalue weighted by Gasteiger charge is 2.15. The summed E-state index contributed by atoms with van der Waals surface area (Å²) >= 11 is 12.5.